The molecule has 0 atom stereocenters. The Morgan fingerprint density at radius 1 is 1.25 bits per heavy atom. The van der Waals surface area contributed by atoms with Crippen molar-refractivity contribution in [2.24, 2.45) is 0 Å². The van der Waals surface area contributed by atoms with Gasteiger partial charge in [0.05, 0.1) is 0 Å². The van der Waals surface area contributed by atoms with Crippen LogP contribution in [0.15, 0.2) is 42.6 Å². The van der Waals surface area contributed by atoms with Crippen LogP contribution in [0.25, 0.3) is 0 Å². The largest absolute Gasteiger partial charge is 0.287 e. The first-order valence-electron chi connectivity index (χ1n) is 4.90. The highest BCUT2D eigenvalue weighted by molar-refractivity contribution is 6.08. The Bertz CT molecular complexity index is 523. The van der Waals surface area contributed by atoms with Crippen molar-refractivity contribution in [3.05, 3.63) is 65.2 Å². The molecule has 0 aliphatic rings. The molecule has 16 heavy (non-hydrogen) atoms. The standard InChI is InChI=1S/C13H10FNO/c1-9-5-6-10(14)8-11(9)13(16)12-4-2-3-7-15-12/h2-8H,1H3. The third kappa shape index (κ3) is 1.98. The molecule has 0 bridgehead atoms. The Balaban J connectivity index is 2.46. The van der Waals surface area contributed by atoms with E-state index in [1.807, 2.05) is 0 Å². The van der Waals surface area contributed by atoms with Crippen LogP contribution in [0.1, 0.15) is 21.6 Å². The fourth-order valence-electron chi connectivity index (χ4n) is 1.47. The Hall–Kier alpha value is -2.03. The third-order valence-corrected chi connectivity index (χ3v) is 2.34. The van der Waals surface area contributed by atoms with Crippen LogP contribution in [-0.2, 0) is 0 Å². The van der Waals surface area contributed by atoms with Crippen LogP contribution in [-0.4, -0.2) is 10.8 Å². The third-order valence-electron chi connectivity index (χ3n) is 2.34. The summed E-state index contributed by atoms with van der Waals surface area (Å²) in [5.41, 5.74) is 1.44. The first kappa shape index (κ1) is 10.5. The molecular formula is C13H10FNO. The highest BCUT2D eigenvalue weighted by Gasteiger charge is 2.13. The Kier molecular flexibility index (Phi) is 2.77. The van der Waals surface area contributed by atoms with Gasteiger partial charge in [-0.3, -0.25) is 9.78 Å². The van der Waals surface area contributed by atoms with E-state index in [0.717, 1.165) is 5.56 Å². The zero-order valence-corrected chi connectivity index (χ0v) is 8.77. The molecule has 2 aromatic rings. The monoisotopic (exact) mass is 215 g/mol. The molecule has 0 aliphatic carbocycles. The SMILES string of the molecule is Cc1ccc(F)cc1C(=O)c1ccccn1. The number of ketones is 1. The average Bonchev–Trinajstić information content (AvgIpc) is 2.32. The van der Waals surface area contributed by atoms with Crippen LogP contribution >= 0.6 is 0 Å². The number of pyridine rings is 1. The number of rotatable bonds is 2. The van der Waals surface area contributed by atoms with E-state index in [4.69, 9.17) is 0 Å². The minimum atomic E-state index is -0.412. The number of carbonyl (C=O) groups excluding carboxylic acids is 1. The van der Waals surface area contributed by atoms with Crippen molar-refractivity contribution in [1.82, 2.24) is 4.98 Å². The normalized spacial score (nSPS) is 10.1. The van der Waals surface area contributed by atoms with Crippen LogP contribution in [0, 0.1) is 12.7 Å². The molecule has 1 aromatic heterocycles. The zero-order valence-electron chi connectivity index (χ0n) is 8.77. The Labute approximate surface area is 92.8 Å². The van der Waals surface area contributed by atoms with Gasteiger partial charge in [-0.05, 0) is 36.8 Å². The number of aryl methyl sites for hydroxylation is 1. The molecule has 2 rings (SSSR count). The van der Waals surface area contributed by atoms with E-state index in [1.165, 1.54) is 12.1 Å². The van der Waals surface area contributed by atoms with Crippen molar-refractivity contribution >= 4 is 5.78 Å². The fraction of sp³-hybridized carbons (Fsp3) is 0.0769. The van der Waals surface area contributed by atoms with Crippen molar-refractivity contribution in [3.63, 3.8) is 0 Å². The summed E-state index contributed by atoms with van der Waals surface area (Å²) in [6.07, 6.45) is 1.54. The molecule has 0 saturated heterocycles. The number of hydrogen-bond donors (Lipinski definition) is 0. The van der Waals surface area contributed by atoms with E-state index in [0.29, 0.717) is 11.3 Å². The van der Waals surface area contributed by atoms with E-state index >= 15 is 0 Å². The van der Waals surface area contributed by atoms with E-state index < -0.39 is 5.82 Å². The number of hydrogen-bond acceptors (Lipinski definition) is 2. The van der Waals surface area contributed by atoms with E-state index in [1.54, 1.807) is 37.4 Å². The molecule has 0 amide bonds. The first-order valence-corrected chi connectivity index (χ1v) is 4.90. The molecular weight excluding hydrogens is 205 g/mol. The zero-order chi connectivity index (χ0) is 11.5. The second-order valence-electron chi connectivity index (χ2n) is 3.50. The summed E-state index contributed by atoms with van der Waals surface area (Å²) in [6.45, 7) is 1.77. The molecule has 0 radical (unpaired) electrons. The lowest BCUT2D eigenvalue weighted by atomic mass is 10.0. The maximum absolute atomic E-state index is 13.1. The van der Waals surface area contributed by atoms with Crippen LogP contribution in [0.3, 0.4) is 0 Å². The van der Waals surface area contributed by atoms with E-state index in [2.05, 4.69) is 4.98 Å². The van der Waals surface area contributed by atoms with Crippen molar-refractivity contribution in [1.29, 1.82) is 0 Å². The van der Waals surface area contributed by atoms with Gasteiger partial charge in [0.15, 0.2) is 0 Å². The summed E-state index contributed by atoms with van der Waals surface area (Å²) in [5.74, 6) is -0.664. The van der Waals surface area contributed by atoms with Crippen molar-refractivity contribution < 1.29 is 9.18 Å². The van der Waals surface area contributed by atoms with Gasteiger partial charge >= 0.3 is 0 Å². The van der Waals surface area contributed by atoms with Crippen molar-refractivity contribution in [2.75, 3.05) is 0 Å². The summed E-state index contributed by atoms with van der Waals surface area (Å²) in [5, 5.41) is 0. The van der Waals surface area contributed by atoms with Gasteiger partial charge in [0.25, 0.3) is 0 Å². The summed E-state index contributed by atoms with van der Waals surface area (Å²) in [4.78, 5) is 15.9. The molecule has 2 nitrogen and oxygen atoms in total. The van der Waals surface area contributed by atoms with Crippen LogP contribution in [0.5, 0.6) is 0 Å². The lowest BCUT2D eigenvalue weighted by Crippen LogP contribution is -2.06. The molecule has 0 spiro atoms. The van der Waals surface area contributed by atoms with Gasteiger partial charge < -0.3 is 0 Å². The maximum atomic E-state index is 13.1. The van der Waals surface area contributed by atoms with Gasteiger partial charge in [0.2, 0.25) is 5.78 Å². The molecule has 1 aromatic carbocycles. The first-order chi connectivity index (χ1) is 7.68. The number of halogens is 1. The highest BCUT2D eigenvalue weighted by atomic mass is 19.1. The average molecular weight is 215 g/mol. The molecule has 3 heteroatoms. The quantitative estimate of drug-likeness (QED) is 0.721. The highest BCUT2D eigenvalue weighted by Crippen LogP contribution is 2.14. The van der Waals surface area contributed by atoms with Gasteiger partial charge in [0.1, 0.15) is 11.5 Å². The number of aromatic nitrogens is 1. The van der Waals surface area contributed by atoms with Crippen molar-refractivity contribution in [3.8, 4) is 0 Å². The summed E-state index contributed by atoms with van der Waals surface area (Å²) < 4.78 is 13.1. The fourth-order valence-corrected chi connectivity index (χ4v) is 1.47. The maximum Gasteiger partial charge on any atom is 0.211 e. The predicted octanol–water partition coefficient (Wildman–Crippen LogP) is 2.76. The molecule has 0 aliphatic heterocycles. The molecule has 0 unspecified atom stereocenters. The summed E-state index contributed by atoms with van der Waals surface area (Å²) in [7, 11) is 0. The van der Waals surface area contributed by atoms with Crippen LogP contribution in [0.2, 0.25) is 0 Å². The van der Waals surface area contributed by atoms with Gasteiger partial charge in [-0.25, -0.2) is 4.39 Å². The topological polar surface area (TPSA) is 30.0 Å². The van der Waals surface area contributed by atoms with Crippen LogP contribution < -0.4 is 0 Å². The Morgan fingerprint density at radius 3 is 2.75 bits per heavy atom. The number of benzene rings is 1. The lowest BCUT2D eigenvalue weighted by molar-refractivity contribution is 0.103. The Morgan fingerprint density at radius 2 is 2.06 bits per heavy atom. The number of nitrogens with zero attached hydrogens (tertiary/aromatic N) is 1. The molecule has 80 valence electrons. The predicted molar refractivity (Wildman–Crippen MR) is 58.8 cm³/mol. The minimum Gasteiger partial charge on any atom is -0.287 e. The van der Waals surface area contributed by atoms with Gasteiger partial charge in [-0.15, -0.1) is 0 Å². The smallest absolute Gasteiger partial charge is 0.211 e. The van der Waals surface area contributed by atoms with E-state index in [-0.39, 0.29) is 5.78 Å². The molecule has 1 heterocycles. The van der Waals surface area contributed by atoms with Gasteiger partial charge in [-0.2, -0.15) is 0 Å². The van der Waals surface area contributed by atoms with Crippen LogP contribution in [0.4, 0.5) is 4.39 Å². The lowest BCUT2D eigenvalue weighted by Gasteiger charge is -2.04. The summed E-state index contributed by atoms with van der Waals surface area (Å²) >= 11 is 0. The van der Waals surface area contributed by atoms with Gasteiger partial charge in [0, 0.05) is 11.8 Å². The molecule has 0 saturated carbocycles. The van der Waals surface area contributed by atoms with Gasteiger partial charge in [-0.1, -0.05) is 12.1 Å². The molecule has 0 fully saturated rings. The van der Waals surface area contributed by atoms with Crippen molar-refractivity contribution in [2.45, 2.75) is 6.92 Å². The minimum absolute atomic E-state index is 0.252. The van der Waals surface area contributed by atoms with E-state index in [9.17, 15) is 9.18 Å². The number of carbonyl (C=O) groups is 1. The second-order valence-corrected chi connectivity index (χ2v) is 3.50. The second kappa shape index (κ2) is 4.23. The summed E-state index contributed by atoms with van der Waals surface area (Å²) in [6, 6.07) is 9.25. The molecule has 0 N–H and O–H groups in total.